The number of hydrogen-bond acceptors (Lipinski definition) is 8. The van der Waals surface area contributed by atoms with E-state index in [2.05, 4.69) is 462 Å². The minimum absolute atomic E-state index is 0.902. The average molecular weight is 1820 g/mol. The normalized spacial score (nSPS) is 11.9. The number of benzene rings is 24. The Kier molecular flexibility index (Phi) is 19.5. The first-order valence-corrected chi connectivity index (χ1v) is 48.8. The largest absolute Gasteiger partial charge is 0.455 e. The summed E-state index contributed by atoms with van der Waals surface area (Å²) in [6, 6.07) is 162. The molecular weight excluding hydrogens is 1730 g/mol. The molecule has 0 aliphatic rings. The van der Waals surface area contributed by atoms with Gasteiger partial charge in [0.25, 0.3) is 0 Å². The zero-order valence-corrected chi connectivity index (χ0v) is 79.1. The van der Waals surface area contributed by atoms with Crippen molar-refractivity contribution in [2.75, 3.05) is 19.6 Å². The molecule has 0 saturated carbocycles. The molecule has 0 fully saturated rings. The van der Waals surface area contributed by atoms with E-state index in [4.69, 9.17) is 17.7 Å². The number of anilines is 12. The van der Waals surface area contributed by atoms with Gasteiger partial charge in [-0.3, -0.25) is 0 Å². The molecule has 0 saturated heterocycles. The molecule has 28 rings (SSSR count). The molecule has 0 amide bonds. The lowest BCUT2D eigenvalue weighted by Gasteiger charge is -2.32. The maximum Gasteiger partial charge on any atom is 0.143 e. The number of rotatable bonds is 16. The fraction of sp³-hybridized carbons (Fsp3) is 0.0448. The van der Waals surface area contributed by atoms with E-state index in [9.17, 15) is 0 Å². The minimum Gasteiger partial charge on any atom is -0.455 e. The SMILES string of the molecule is Cc1cc(N(c2ccccc2)c2ccc(-c3cccc4c3oc3ccccc34)cc2)c2ccc3c(C)cc(N(c4ccccc4)c4ccc(-c5cccc6c5oc5ccccc56)cc4)c4ccc1c2c34.Cc1cccc(C)c1N(c1ccc(-c2cccc3c2oc2ccccc23)cc1)c1ccc2ccc3c(N(c4ccc(-c5cccc6c5oc5ccccc56)cc4)c4c(C)cccc4C)ccc4ccc1c2c43. The van der Waals surface area contributed by atoms with Gasteiger partial charge in [0.05, 0.1) is 34.1 Å². The van der Waals surface area contributed by atoms with Crippen molar-refractivity contribution in [2.45, 2.75) is 41.5 Å². The van der Waals surface area contributed by atoms with E-state index < -0.39 is 0 Å². The second kappa shape index (κ2) is 33.3. The Bertz CT molecular complexity index is 9270. The molecule has 142 heavy (non-hydrogen) atoms. The molecule has 0 N–H and O–H groups in total. The first-order chi connectivity index (χ1) is 69.9. The summed E-state index contributed by atoms with van der Waals surface area (Å²) in [7, 11) is 0. The van der Waals surface area contributed by atoms with Gasteiger partial charge in [0.15, 0.2) is 0 Å². The molecule has 28 aromatic rings. The molecule has 0 aliphatic heterocycles. The van der Waals surface area contributed by atoms with Gasteiger partial charge in [-0.05, 0) is 262 Å². The van der Waals surface area contributed by atoms with E-state index in [0.717, 1.165) is 189 Å². The van der Waals surface area contributed by atoms with Gasteiger partial charge in [0.1, 0.15) is 44.7 Å². The highest BCUT2D eigenvalue weighted by atomic mass is 16.3. The first kappa shape index (κ1) is 83.2. The van der Waals surface area contributed by atoms with Crippen LogP contribution in [0.3, 0.4) is 0 Å². The molecule has 24 aromatic carbocycles. The second-order valence-corrected chi connectivity index (χ2v) is 37.9. The van der Waals surface area contributed by atoms with Crippen LogP contribution in [0, 0.1) is 41.5 Å². The van der Waals surface area contributed by atoms with E-state index in [1.165, 1.54) is 109 Å². The van der Waals surface area contributed by atoms with Gasteiger partial charge in [-0.2, -0.15) is 0 Å². The van der Waals surface area contributed by atoms with Crippen molar-refractivity contribution < 1.29 is 17.7 Å². The highest BCUT2D eigenvalue weighted by molar-refractivity contribution is 6.31. The van der Waals surface area contributed by atoms with Gasteiger partial charge in [0.2, 0.25) is 0 Å². The van der Waals surface area contributed by atoms with Gasteiger partial charge in [-0.1, -0.05) is 328 Å². The van der Waals surface area contributed by atoms with Gasteiger partial charge in [0, 0.05) is 121 Å². The summed E-state index contributed by atoms with van der Waals surface area (Å²) in [6.07, 6.45) is 0. The van der Waals surface area contributed by atoms with Crippen LogP contribution in [0.1, 0.15) is 33.4 Å². The molecule has 0 atom stereocenters. The quantitative estimate of drug-likeness (QED) is 0.0887. The topological polar surface area (TPSA) is 65.5 Å². The maximum atomic E-state index is 6.50. The predicted molar refractivity (Wildman–Crippen MR) is 598 cm³/mol. The smallest absolute Gasteiger partial charge is 0.143 e. The summed E-state index contributed by atoms with van der Waals surface area (Å²) in [4.78, 5) is 9.78. The molecule has 4 heterocycles. The zero-order valence-electron chi connectivity index (χ0n) is 79.1. The Morgan fingerprint density at radius 3 is 0.704 bits per heavy atom. The van der Waals surface area contributed by atoms with Crippen molar-refractivity contribution in [1.29, 1.82) is 0 Å². The Balaban J connectivity index is 0.000000142. The maximum absolute atomic E-state index is 6.50. The van der Waals surface area contributed by atoms with Crippen molar-refractivity contribution in [1.82, 2.24) is 0 Å². The summed E-state index contributed by atoms with van der Waals surface area (Å²) in [5.41, 5.74) is 36.7. The summed E-state index contributed by atoms with van der Waals surface area (Å²) >= 11 is 0. The molecule has 4 aromatic heterocycles. The van der Waals surface area contributed by atoms with E-state index in [1.54, 1.807) is 0 Å². The van der Waals surface area contributed by atoms with Crippen LogP contribution in [-0.2, 0) is 0 Å². The van der Waals surface area contributed by atoms with E-state index in [-0.39, 0.29) is 0 Å². The third-order valence-electron chi connectivity index (χ3n) is 29.6. The van der Waals surface area contributed by atoms with Crippen molar-refractivity contribution in [3.63, 3.8) is 0 Å². The van der Waals surface area contributed by atoms with Crippen LogP contribution < -0.4 is 19.6 Å². The third-order valence-corrected chi connectivity index (χ3v) is 29.6. The lowest BCUT2D eigenvalue weighted by molar-refractivity contribution is 0.669. The molecule has 672 valence electrons. The molecular formula is C134H92N4O4. The molecule has 8 nitrogen and oxygen atoms in total. The van der Waals surface area contributed by atoms with E-state index in [1.807, 2.05) is 48.5 Å². The lowest BCUT2D eigenvalue weighted by atomic mass is 9.88. The van der Waals surface area contributed by atoms with Gasteiger partial charge < -0.3 is 37.3 Å². The van der Waals surface area contributed by atoms with Gasteiger partial charge in [-0.15, -0.1) is 0 Å². The highest BCUT2D eigenvalue weighted by Crippen LogP contribution is 2.55. The summed E-state index contributed by atoms with van der Waals surface area (Å²) in [5, 5.41) is 23.8. The standard InChI is InChI=1S/C68H48N2O2.C66H44N2O2/c1-41-13-9-14-42(2)65(41)69(49-33-25-45(26-34-49)51-19-11-21-55-53-17-5-7-23-61(53)71-67(51)55)59-39-31-47-30-38-58-60(40-32-48-29-37-57(59)63(47)64(48)58)70(66-43(3)15-10-16-44(66)4)50-35-27-46(28-36-50)52-20-12-22-56-54-18-6-8-24-62(54)72-68(52)56;1-41-39-59(67(45-15-5-3-6-16-45)47-31-27-43(28-32-47)51-21-13-23-55-53-19-9-11-25-61(53)69-65(51)55)57-38-36-50-42(2)40-60(58-37-35-49(41)63(57)64(50)58)68(46-17-7-4-8-18-46)48-33-29-44(30-34-48)52-22-14-24-56-54-20-10-12-26-62(54)70-66(52)56/h5-40H,1-4H3;3-40H,1-2H3. The van der Waals surface area contributed by atoms with Crippen LogP contribution in [0.2, 0.25) is 0 Å². The number of para-hydroxylation sites is 12. The average Bonchev–Trinajstić information content (AvgIpc) is 0.884. The van der Waals surface area contributed by atoms with Crippen LogP contribution in [0.25, 0.3) is 197 Å². The molecule has 8 heteroatoms. The van der Waals surface area contributed by atoms with Crippen LogP contribution >= 0.6 is 0 Å². The summed E-state index contributed by atoms with van der Waals surface area (Å²) in [6.45, 7) is 13.4. The monoisotopic (exact) mass is 1820 g/mol. The van der Waals surface area contributed by atoms with Crippen LogP contribution in [0.5, 0.6) is 0 Å². The van der Waals surface area contributed by atoms with Crippen LogP contribution in [0.15, 0.2) is 467 Å². The van der Waals surface area contributed by atoms with Gasteiger partial charge >= 0.3 is 0 Å². The number of fused-ring (bicyclic) bond motifs is 12. The van der Waals surface area contributed by atoms with Crippen LogP contribution in [-0.4, -0.2) is 0 Å². The Labute approximate surface area is 820 Å². The molecule has 0 aliphatic carbocycles. The van der Waals surface area contributed by atoms with Crippen molar-refractivity contribution >= 4 is 221 Å². The minimum atomic E-state index is 0.902. The number of hydrogen-bond donors (Lipinski definition) is 0. The predicted octanol–water partition coefficient (Wildman–Crippen LogP) is 39.2. The summed E-state index contributed by atoms with van der Waals surface area (Å²) in [5.74, 6) is 0. The third kappa shape index (κ3) is 13.4. The van der Waals surface area contributed by atoms with E-state index in [0.29, 0.717) is 0 Å². The lowest BCUT2D eigenvalue weighted by Crippen LogP contribution is -2.14. The van der Waals surface area contributed by atoms with Gasteiger partial charge in [-0.25, -0.2) is 0 Å². The van der Waals surface area contributed by atoms with Crippen molar-refractivity contribution in [2.24, 2.45) is 0 Å². The van der Waals surface area contributed by atoms with Crippen molar-refractivity contribution in [3.05, 3.63) is 482 Å². The first-order valence-electron chi connectivity index (χ1n) is 48.8. The van der Waals surface area contributed by atoms with Crippen molar-refractivity contribution in [3.8, 4) is 44.5 Å². The van der Waals surface area contributed by atoms with Crippen LogP contribution in [0.4, 0.5) is 68.2 Å². The highest BCUT2D eigenvalue weighted by Gasteiger charge is 2.30. The number of nitrogens with zero attached hydrogens (tertiary/aromatic N) is 4. The van der Waals surface area contributed by atoms with E-state index >= 15 is 0 Å². The number of furan rings is 4. The summed E-state index contributed by atoms with van der Waals surface area (Å²) < 4.78 is 26.0. The Hall–Kier alpha value is -18.2. The molecule has 0 radical (unpaired) electrons. The second-order valence-electron chi connectivity index (χ2n) is 37.9. The number of aryl methyl sites for hydroxylation is 6. The Morgan fingerprint density at radius 2 is 0.394 bits per heavy atom. The molecule has 0 unspecified atom stereocenters. The zero-order chi connectivity index (χ0) is 94.6. The Morgan fingerprint density at radius 1 is 0.155 bits per heavy atom. The molecule has 0 spiro atoms. The molecule has 0 bridgehead atoms. The fourth-order valence-corrected chi connectivity index (χ4v) is 23.0. The fourth-order valence-electron chi connectivity index (χ4n) is 23.0.